The number of hydrogen-bond acceptors (Lipinski definition) is 4. The summed E-state index contributed by atoms with van der Waals surface area (Å²) in [5.74, 6) is 0.712. The van der Waals surface area contributed by atoms with Crippen molar-refractivity contribution in [2.75, 3.05) is 13.2 Å². The maximum atomic E-state index is 13.1. The molecule has 0 saturated heterocycles. The number of nitrogens with one attached hydrogen (secondary N) is 1. The van der Waals surface area contributed by atoms with Crippen LogP contribution in [0.1, 0.15) is 29.7 Å². The Morgan fingerprint density at radius 1 is 1.00 bits per heavy atom. The molecule has 0 saturated carbocycles. The summed E-state index contributed by atoms with van der Waals surface area (Å²) in [7, 11) is 0. The van der Waals surface area contributed by atoms with Gasteiger partial charge in [-0.05, 0) is 47.9 Å². The molecule has 0 aliphatic rings. The number of ether oxygens (including phenoxy) is 2. The number of benzene rings is 3. The van der Waals surface area contributed by atoms with Crippen LogP contribution in [0.4, 0.5) is 4.39 Å². The molecule has 6 heteroatoms. The van der Waals surface area contributed by atoms with E-state index in [9.17, 15) is 9.50 Å². The van der Waals surface area contributed by atoms with E-state index < -0.39 is 6.10 Å². The molecule has 0 unspecified atom stereocenters. The minimum atomic E-state index is -0.591. The maximum Gasteiger partial charge on any atom is 0.180 e. The van der Waals surface area contributed by atoms with E-state index in [1.54, 1.807) is 12.1 Å². The van der Waals surface area contributed by atoms with Crippen LogP contribution in [-0.4, -0.2) is 18.3 Å². The molecule has 3 aromatic carbocycles. The first kappa shape index (κ1) is 22.1. The van der Waals surface area contributed by atoms with Gasteiger partial charge in [0.1, 0.15) is 12.4 Å². The second kappa shape index (κ2) is 11.0. The van der Waals surface area contributed by atoms with E-state index in [1.807, 2.05) is 49.4 Å². The summed E-state index contributed by atoms with van der Waals surface area (Å²) >= 11 is 6.46. The molecule has 1 atom stereocenters. The zero-order valence-corrected chi connectivity index (χ0v) is 17.5. The van der Waals surface area contributed by atoms with Crippen molar-refractivity contribution in [1.82, 2.24) is 5.32 Å². The molecule has 0 radical (unpaired) electrons. The van der Waals surface area contributed by atoms with Crippen LogP contribution in [0.2, 0.25) is 5.02 Å². The molecule has 0 aromatic heterocycles. The molecule has 3 aromatic rings. The highest BCUT2D eigenvalue weighted by Crippen LogP contribution is 2.37. The zero-order valence-electron chi connectivity index (χ0n) is 16.8. The monoisotopic (exact) mass is 429 g/mol. The van der Waals surface area contributed by atoms with Crippen LogP contribution < -0.4 is 14.8 Å². The van der Waals surface area contributed by atoms with E-state index in [-0.39, 0.29) is 12.4 Å². The van der Waals surface area contributed by atoms with E-state index >= 15 is 0 Å². The van der Waals surface area contributed by atoms with E-state index in [0.29, 0.717) is 36.2 Å². The molecule has 0 fully saturated rings. The summed E-state index contributed by atoms with van der Waals surface area (Å²) < 4.78 is 24.6. The van der Waals surface area contributed by atoms with Gasteiger partial charge in [0.25, 0.3) is 0 Å². The van der Waals surface area contributed by atoms with E-state index in [4.69, 9.17) is 21.1 Å². The third kappa shape index (κ3) is 6.20. The largest absolute Gasteiger partial charge is 0.490 e. The number of aliphatic hydroxyl groups excluding tert-OH is 1. The van der Waals surface area contributed by atoms with Crippen molar-refractivity contribution < 1.29 is 19.0 Å². The average Bonchev–Trinajstić information content (AvgIpc) is 2.75. The van der Waals surface area contributed by atoms with Gasteiger partial charge in [-0.15, -0.1) is 0 Å². The predicted octanol–water partition coefficient (Wildman–Crippen LogP) is 5.28. The SMILES string of the molecule is CCOc1cc(CNC[C@H](O)c2ccccc2)cc(Cl)c1OCc1ccc(F)cc1. The Bertz CT molecular complexity index is 935. The van der Waals surface area contributed by atoms with Gasteiger partial charge in [-0.2, -0.15) is 0 Å². The molecule has 3 rings (SSSR count). The normalized spacial score (nSPS) is 11.9. The Labute approximate surface area is 181 Å². The number of halogens is 2. The lowest BCUT2D eigenvalue weighted by Crippen LogP contribution is -2.21. The van der Waals surface area contributed by atoms with Gasteiger partial charge in [-0.25, -0.2) is 4.39 Å². The Morgan fingerprint density at radius 2 is 1.73 bits per heavy atom. The molecular formula is C24H25ClFNO3. The molecule has 2 N–H and O–H groups in total. The fraction of sp³-hybridized carbons (Fsp3) is 0.250. The fourth-order valence-corrected chi connectivity index (χ4v) is 3.30. The number of hydrogen-bond donors (Lipinski definition) is 2. The topological polar surface area (TPSA) is 50.7 Å². The molecule has 0 bridgehead atoms. The summed E-state index contributed by atoms with van der Waals surface area (Å²) in [5.41, 5.74) is 2.61. The van der Waals surface area contributed by atoms with Gasteiger partial charge in [0, 0.05) is 13.1 Å². The van der Waals surface area contributed by atoms with Gasteiger partial charge in [0.2, 0.25) is 0 Å². The minimum absolute atomic E-state index is 0.251. The summed E-state index contributed by atoms with van der Waals surface area (Å²) in [4.78, 5) is 0. The van der Waals surface area contributed by atoms with Gasteiger partial charge >= 0.3 is 0 Å². The van der Waals surface area contributed by atoms with E-state index in [1.165, 1.54) is 12.1 Å². The van der Waals surface area contributed by atoms with Crippen LogP contribution in [0.3, 0.4) is 0 Å². The fourth-order valence-electron chi connectivity index (χ4n) is 3.01. The molecule has 4 nitrogen and oxygen atoms in total. The molecule has 30 heavy (non-hydrogen) atoms. The lowest BCUT2D eigenvalue weighted by Gasteiger charge is -2.16. The molecule has 0 aliphatic heterocycles. The van der Waals surface area contributed by atoms with Crippen molar-refractivity contribution in [2.24, 2.45) is 0 Å². The zero-order chi connectivity index (χ0) is 21.3. The van der Waals surface area contributed by atoms with Gasteiger partial charge in [0.15, 0.2) is 11.5 Å². The van der Waals surface area contributed by atoms with Gasteiger partial charge < -0.3 is 19.9 Å². The lowest BCUT2D eigenvalue weighted by molar-refractivity contribution is 0.174. The second-order valence-corrected chi connectivity index (χ2v) is 7.22. The molecule has 0 aliphatic carbocycles. The molecule has 158 valence electrons. The Kier molecular flexibility index (Phi) is 8.08. The van der Waals surface area contributed by atoms with Gasteiger partial charge in [-0.3, -0.25) is 0 Å². The third-order valence-corrected chi connectivity index (χ3v) is 4.80. The van der Waals surface area contributed by atoms with Crippen molar-refractivity contribution in [2.45, 2.75) is 26.2 Å². The average molecular weight is 430 g/mol. The van der Waals surface area contributed by atoms with Crippen molar-refractivity contribution in [3.05, 3.63) is 94.3 Å². The third-order valence-electron chi connectivity index (χ3n) is 4.52. The van der Waals surface area contributed by atoms with Crippen molar-refractivity contribution >= 4 is 11.6 Å². The predicted molar refractivity (Wildman–Crippen MR) is 116 cm³/mol. The second-order valence-electron chi connectivity index (χ2n) is 6.81. The first-order chi connectivity index (χ1) is 14.6. The highest BCUT2D eigenvalue weighted by Gasteiger charge is 2.14. The summed E-state index contributed by atoms with van der Waals surface area (Å²) in [6.45, 7) is 3.53. The van der Waals surface area contributed by atoms with Gasteiger partial charge in [-0.1, -0.05) is 54.1 Å². The van der Waals surface area contributed by atoms with E-state index in [2.05, 4.69) is 5.32 Å². The van der Waals surface area contributed by atoms with Crippen molar-refractivity contribution in [3.8, 4) is 11.5 Å². The quantitative estimate of drug-likeness (QED) is 0.460. The summed E-state index contributed by atoms with van der Waals surface area (Å²) in [6, 6.07) is 19.3. The molecular weight excluding hydrogens is 405 g/mol. The lowest BCUT2D eigenvalue weighted by atomic mass is 10.1. The Morgan fingerprint density at radius 3 is 2.43 bits per heavy atom. The maximum absolute atomic E-state index is 13.1. The van der Waals surface area contributed by atoms with Crippen molar-refractivity contribution in [3.63, 3.8) is 0 Å². The van der Waals surface area contributed by atoms with Crippen LogP contribution >= 0.6 is 11.6 Å². The molecule has 0 spiro atoms. The number of rotatable bonds is 10. The molecule has 0 heterocycles. The standard InChI is InChI=1S/C24H25ClFNO3/c1-2-29-23-13-18(14-27-15-22(28)19-6-4-3-5-7-19)12-21(25)24(23)30-16-17-8-10-20(26)11-9-17/h3-13,22,27-28H,2,14-16H2,1H3/t22-/m0/s1. The summed E-state index contributed by atoms with van der Waals surface area (Å²) in [5, 5.41) is 13.9. The van der Waals surface area contributed by atoms with Crippen LogP contribution in [0.5, 0.6) is 11.5 Å². The van der Waals surface area contributed by atoms with Crippen LogP contribution in [0.25, 0.3) is 0 Å². The van der Waals surface area contributed by atoms with Crippen molar-refractivity contribution in [1.29, 1.82) is 0 Å². The Hall–Kier alpha value is -2.60. The van der Waals surface area contributed by atoms with E-state index in [0.717, 1.165) is 16.7 Å². The van der Waals surface area contributed by atoms with Crippen LogP contribution in [0, 0.1) is 5.82 Å². The van der Waals surface area contributed by atoms with Crippen LogP contribution in [-0.2, 0) is 13.2 Å². The smallest absolute Gasteiger partial charge is 0.180 e. The highest BCUT2D eigenvalue weighted by atomic mass is 35.5. The van der Waals surface area contributed by atoms with Gasteiger partial charge in [0.05, 0.1) is 17.7 Å². The Balaban J connectivity index is 1.64. The molecule has 0 amide bonds. The minimum Gasteiger partial charge on any atom is -0.490 e. The number of aliphatic hydroxyl groups is 1. The van der Waals surface area contributed by atoms with Crippen LogP contribution in [0.15, 0.2) is 66.7 Å². The highest BCUT2D eigenvalue weighted by molar-refractivity contribution is 6.32. The first-order valence-corrected chi connectivity index (χ1v) is 10.2. The summed E-state index contributed by atoms with van der Waals surface area (Å²) in [6.07, 6.45) is -0.591. The first-order valence-electron chi connectivity index (χ1n) is 9.83.